The molecule has 0 unspecified atom stereocenters. The van der Waals surface area contributed by atoms with E-state index in [0.29, 0.717) is 6.01 Å². The molecule has 0 bridgehead atoms. The normalized spacial score (nSPS) is 21.2. The summed E-state index contributed by atoms with van der Waals surface area (Å²) >= 11 is 0. The number of ether oxygens (including phenoxy) is 1. The Bertz CT molecular complexity index is 1320. The molecular formula is C33H43N5O. The van der Waals surface area contributed by atoms with Gasteiger partial charge in [0.15, 0.2) is 0 Å². The fraction of sp³-hybridized carbons (Fsp3) is 0.576. The Labute approximate surface area is 233 Å². The van der Waals surface area contributed by atoms with Gasteiger partial charge >= 0.3 is 6.01 Å². The zero-order valence-electron chi connectivity index (χ0n) is 23.6. The average molecular weight is 526 g/mol. The third kappa shape index (κ3) is 4.65. The molecule has 0 atom stereocenters. The van der Waals surface area contributed by atoms with Crippen LogP contribution in [0.25, 0.3) is 10.8 Å². The molecule has 206 valence electrons. The highest BCUT2D eigenvalue weighted by molar-refractivity contribution is 5.97. The highest BCUT2D eigenvalue weighted by Crippen LogP contribution is 2.40. The summed E-state index contributed by atoms with van der Waals surface area (Å²) in [7, 11) is 0. The molecule has 7 rings (SSSR count). The van der Waals surface area contributed by atoms with Crippen molar-refractivity contribution in [3.63, 3.8) is 0 Å². The largest absolute Gasteiger partial charge is 0.461 e. The van der Waals surface area contributed by atoms with Gasteiger partial charge in [-0.3, -0.25) is 4.90 Å². The molecule has 3 saturated heterocycles. The Morgan fingerprint density at radius 2 is 1.59 bits per heavy atom. The summed E-state index contributed by atoms with van der Waals surface area (Å²) < 4.78 is 6.56. The van der Waals surface area contributed by atoms with E-state index in [-0.39, 0.29) is 5.54 Å². The van der Waals surface area contributed by atoms with Gasteiger partial charge in [-0.2, -0.15) is 9.97 Å². The molecule has 1 aromatic heterocycles. The molecule has 0 saturated carbocycles. The first-order valence-corrected chi connectivity index (χ1v) is 15.5. The molecule has 0 radical (unpaired) electrons. The van der Waals surface area contributed by atoms with Crippen LogP contribution in [0.2, 0.25) is 0 Å². The molecule has 0 aliphatic carbocycles. The number of nitrogens with zero attached hydrogens (tertiary/aromatic N) is 5. The van der Waals surface area contributed by atoms with Crippen molar-refractivity contribution >= 4 is 22.3 Å². The van der Waals surface area contributed by atoms with Gasteiger partial charge in [0, 0.05) is 36.3 Å². The van der Waals surface area contributed by atoms with Crippen LogP contribution in [0.3, 0.4) is 0 Å². The van der Waals surface area contributed by atoms with Crippen LogP contribution < -0.4 is 14.5 Å². The molecule has 39 heavy (non-hydrogen) atoms. The molecule has 3 aromatic rings. The van der Waals surface area contributed by atoms with Crippen LogP contribution in [-0.4, -0.2) is 59.7 Å². The van der Waals surface area contributed by atoms with Crippen molar-refractivity contribution in [1.29, 1.82) is 0 Å². The minimum absolute atomic E-state index is 0.202. The fourth-order valence-corrected chi connectivity index (χ4v) is 7.82. The summed E-state index contributed by atoms with van der Waals surface area (Å²) in [5.41, 5.74) is 5.46. The Hall–Kier alpha value is -2.86. The number of rotatable bonds is 6. The van der Waals surface area contributed by atoms with Gasteiger partial charge in [-0.15, -0.1) is 0 Å². The van der Waals surface area contributed by atoms with E-state index in [4.69, 9.17) is 14.7 Å². The van der Waals surface area contributed by atoms with E-state index < -0.39 is 0 Å². The Morgan fingerprint density at radius 3 is 2.36 bits per heavy atom. The summed E-state index contributed by atoms with van der Waals surface area (Å²) in [5.74, 6) is 1.15. The topological polar surface area (TPSA) is 44.7 Å². The van der Waals surface area contributed by atoms with Gasteiger partial charge in [0.25, 0.3) is 0 Å². The van der Waals surface area contributed by atoms with Crippen LogP contribution >= 0.6 is 0 Å². The summed E-state index contributed by atoms with van der Waals surface area (Å²) in [4.78, 5) is 18.0. The van der Waals surface area contributed by atoms with Gasteiger partial charge in [-0.1, -0.05) is 50.1 Å². The lowest BCUT2D eigenvalue weighted by atomic mass is 9.95. The van der Waals surface area contributed by atoms with Crippen LogP contribution in [-0.2, 0) is 19.4 Å². The molecule has 0 N–H and O–H groups in total. The lowest BCUT2D eigenvalue weighted by molar-refractivity contribution is 0.107. The summed E-state index contributed by atoms with van der Waals surface area (Å²) in [6.07, 6.45) is 12.2. The van der Waals surface area contributed by atoms with Crippen molar-refractivity contribution in [2.24, 2.45) is 0 Å². The van der Waals surface area contributed by atoms with Crippen LogP contribution in [0.5, 0.6) is 6.01 Å². The number of hydrogen-bond donors (Lipinski definition) is 0. The molecule has 4 aliphatic rings. The maximum Gasteiger partial charge on any atom is 0.318 e. The first-order valence-electron chi connectivity index (χ1n) is 15.5. The van der Waals surface area contributed by atoms with Crippen LogP contribution in [0.4, 0.5) is 11.5 Å². The third-order valence-corrected chi connectivity index (χ3v) is 9.90. The van der Waals surface area contributed by atoms with Crippen molar-refractivity contribution in [1.82, 2.24) is 14.9 Å². The van der Waals surface area contributed by atoms with Crippen molar-refractivity contribution < 1.29 is 4.74 Å². The quantitative estimate of drug-likeness (QED) is 0.385. The molecule has 0 amide bonds. The first kappa shape index (κ1) is 25.1. The van der Waals surface area contributed by atoms with Crippen LogP contribution in [0, 0.1) is 0 Å². The summed E-state index contributed by atoms with van der Waals surface area (Å²) in [5, 5.41) is 2.72. The average Bonchev–Trinajstić information content (AvgIpc) is 3.44. The van der Waals surface area contributed by atoms with Gasteiger partial charge in [0.1, 0.15) is 12.4 Å². The van der Waals surface area contributed by atoms with E-state index in [9.17, 15) is 0 Å². The number of benzene rings is 2. The monoisotopic (exact) mass is 525 g/mol. The summed E-state index contributed by atoms with van der Waals surface area (Å²) in [6.45, 7) is 9.40. The van der Waals surface area contributed by atoms with E-state index in [1.165, 1.54) is 92.0 Å². The molecule has 3 fully saturated rings. The molecule has 6 heteroatoms. The maximum atomic E-state index is 6.56. The first-order chi connectivity index (χ1) is 19.2. The van der Waals surface area contributed by atoms with Crippen molar-refractivity contribution in [3.8, 4) is 6.01 Å². The number of aromatic nitrogens is 2. The predicted octanol–water partition coefficient (Wildman–Crippen LogP) is 6.14. The van der Waals surface area contributed by atoms with Crippen LogP contribution in [0.15, 0.2) is 36.4 Å². The van der Waals surface area contributed by atoms with E-state index in [0.717, 1.165) is 57.1 Å². The highest BCUT2D eigenvalue weighted by Gasteiger charge is 2.45. The van der Waals surface area contributed by atoms with Gasteiger partial charge < -0.3 is 14.5 Å². The number of anilines is 2. The minimum Gasteiger partial charge on any atom is -0.461 e. The SMILES string of the molecule is CCc1cccc2cccc(N3CCc4c(nc(OCC56CCCN5CCC6)nc4N4CCCCCC4)C3)c12. The molecule has 5 heterocycles. The van der Waals surface area contributed by atoms with Crippen molar-refractivity contribution in [2.75, 3.05) is 49.1 Å². The smallest absolute Gasteiger partial charge is 0.318 e. The second-order valence-corrected chi connectivity index (χ2v) is 12.2. The van der Waals surface area contributed by atoms with E-state index in [1.807, 2.05) is 0 Å². The number of fused-ring (bicyclic) bond motifs is 3. The maximum absolute atomic E-state index is 6.56. The summed E-state index contributed by atoms with van der Waals surface area (Å²) in [6, 6.07) is 14.1. The number of hydrogen-bond acceptors (Lipinski definition) is 6. The van der Waals surface area contributed by atoms with Gasteiger partial charge in [0.2, 0.25) is 0 Å². The second-order valence-electron chi connectivity index (χ2n) is 12.2. The molecule has 2 aromatic carbocycles. The van der Waals surface area contributed by atoms with E-state index >= 15 is 0 Å². The second kappa shape index (κ2) is 10.6. The van der Waals surface area contributed by atoms with E-state index in [2.05, 4.69) is 58.0 Å². The minimum atomic E-state index is 0.202. The molecule has 6 nitrogen and oxygen atoms in total. The fourth-order valence-electron chi connectivity index (χ4n) is 7.82. The zero-order chi connectivity index (χ0) is 26.2. The Kier molecular flexibility index (Phi) is 6.83. The molecule has 4 aliphatic heterocycles. The zero-order valence-corrected chi connectivity index (χ0v) is 23.6. The van der Waals surface area contributed by atoms with Gasteiger partial charge in [0.05, 0.1) is 17.8 Å². The van der Waals surface area contributed by atoms with Crippen molar-refractivity contribution in [3.05, 3.63) is 53.2 Å². The standard InChI is InChI=1S/C33H43N5O/c1-2-25-11-7-12-26-13-8-14-29(30(25)26)37-22-15-27-28(23-37)34-32(35-31(27)36-18-5-3-4-6-19-36)39-24-33-16-9-20-38(33)21-10-17-33/h7-8,11-14H,2-6,9-10,15-24H2,1H3. The molecular weight excluding hydrogens is 482 g/mol. The third-order valence-electron chi connectivity index (χ3n) is 9.90. The lowest BCUT2D eigenvalue weighted by Crippen LogP contribution is -2.43. The number of aryl methyl sites for hydroxylation is 1. The molecule has 0 spiro atoms. The van der Waals surface area contributed by atoms with Gasteiger partial charge in [-0.25, -0.2) is 0 Å². The predicted molar refractivity (Wildman–Crippen MR) is 159 cm³/mol. The Morgan fingerprint density at radius 1 is 0.821 bits per heavy atom. The van der Waals surface area contributed by atoms with Gasteiger partial charge in [-0.05, 0) is 81.5 Å². The Balaban J connectivity index is 1.23. The lowest BCUT2D eigenvalue weighted by Gasteiger charge is -2.35. The van der Waals surface area contributed by atoms with E-state index in [1.54, 1.807) is 0 Å². The highest BCUT2D eigenvalue weighted by atomic mass is 16.5. The van der Waals surface area contributed by atoms with Crippen molar-refractivity contribution in [2.45, 2.75) is 83.2 Å². The van der Waals surface area contributed by atoms with Crippen LogP contribution in [0.1, 0.15) is 75.1 Å².